The van der Waals surface area contributed by atoms with Crippen molar-refractivity contribution in [3.8, 4) is 11.4 Å². The maximum atomic E-state index is 10.8. The lowest BCUT2D eigenvalue weighted by atomic mass is 10.1. The second-order valence-corrected chi connectivity index (χ2v) is 3.52. The first kappa shape index (κ1) is 11.1. The van der Waals surface area contributed by atoms with Gasteiger partial charge in [0.05, 0.1) is 4.92 Å². The molecule has 0 unspecified atom stereocenters. The van der Waals surface area contributed by atoms with Gasteiger partial charge in [-0.15, -0.1) is 0 Å². The van der Waals surface area contributed by atoms with Crippen molar-refractivity contribution in [2.45, 2.75) is 0 Å². The smallest absolute Gasteiger partial charge is 0.272 e. The number of nitrogens with one attached hydrogen (secondary N) is 1. The van der Waals surface area contributed by atoms with Gasteiger partial charge in [-0.1, -0.05) is 0 Å². The van der Waals surface area contributed by atoms with Crippen LogP contribution in [0.5, 0.6) is 0 Å². The topological polar surface area (TPSA) is 85.9 Å². The van der Waals surface area contributed by atoms with E-state index in [1.165, 1.54) is 12.1 Å². The first-order chi connectivity index (χ1) is 8.10. The quantitative estimate of drug-likeness (QED) is 0.640. The largest absolute Gasteiger partial charge is 0.388 e. The molecule has 0 atom stereocenters. The summed E-state index contributed by atoms with van der Waals surface area (Å²) in [5, 5.41) is 17.8. The number of non-ortho nitro benzene ring substituents is 1. The maximum Gasteiger partial charge on any atom is 0.272 e. The van der Waals surface area contributed by atoms with E-state index in [2.05, 4.69) is 15.4 Å². The minimum atomic E-state index is -0.437. The number of nitro benzene ring substituents is 1. The molecule has 0 bridgehead atoms. The van der Waals surface area contributed by atoms with Gasteiger partial charge in [-0.05, 0) is 6.07 Å². The van der Waals surface area contributed by atoms with Gasteiger partial charge in [0.1, 0.15) is 6.33 Å². The van der Waals surface area contributed by atoms with Gasteiger partial charge in [0.25, 0.3) is 5.69 Å². The third-order valence-corrected chi connectivity index (χ3v) is 2.28. The van der Waals surface area contributed by atoms with E-state index in [4.69, 9.17) is 0 Å². The molecule has 0 saturated carbocycles. The molecule has 7 nitrogen and oxygen atoms in total. The van der Waals surface area contributed by atoms with Crippen LogP contribution in [0.2, 0.25) is 0 Å². The Morgan fingerprint density at radius 3 is 2.71 bits per heavy atom. The molecule has 1 heterocycles. The Hall–Kier alpha value is -2.44. The van der Waals surface area contributed by atoms with Crippen LogP contribution < -0.4 is 5.32 Å². The van der Waals surface area contributed by atoms with E-state index in [0.29, 0.717) is 17.1 Å². The highest BCUT2D eigenvalue weighted by molar-refractivity contribution is 5.67. The summed E-state index contributed by atoms with van der Waals surface area (Å²) in [6.45, 7) is 0. The number of aromatic nitrogens is 3. The third-order valence-electron chi connectivity index (χ3n) is 2.28. The molecule has 0 fully saturated rings. The van der Waals surface area contributed by atoms with Crippen molar-refractivity contribution in [1.29, 1.82) is 0 Å². The van der Waals surface area contributed by atoms with Crippen molar-refractivity contribution in [1.82, 2.24) is 14.8 Å². The number of hydrogen-bond acceptors (Lipinski definition) is 5. The molecular formula is C10H11N5O2. The zero-order chi connectivity index (χ0) is 12.4. The Kier molecular flexibility index (Phi) is 2.73. The molecule has 0 radical (unpaired) electrons. The van der Waals surface area contributed by atoms with Crippen LogP contribution in [-0.4, -0.2) is 26.7 Å². The molecule has 0 amide bonds. The summed E-state index contributed by atoms with van der Waals surface area (Å²) in [6.07, 6.45) is 1.55. The zero-order valence-corrected chi connectivity index (χ0v) is 9.41. The van der Waals surface area contributed by atoms with E-state index in [1.807, 2.05) is 0 Å². The summed E-state index contributed by atoms with van der Waals surface area (Å²) in [5.74, 6) is 0.465. The van der Waals surface area contributed by atoms with Crippen LogP contribution in [0.25, 0.3) is 11.4 Å². The molecule has 0 spiro atoms. The Labute approximate surface area is 97.2 Å². The zero-order valence-electron chi connectivity index (χ0n) is 9.41. The SMILES string of the molecule is CNc1cc(-c2ncn(C)n2)cc([N+](=O)[O-])c1. The second-order valence-electron chi connectivity index (χ2n) is 3.52. The molecule has 88 valence electrons. The van der Waals surface area contributed by atoms with Crippen LogP contribution in [0.1, 0.15) is 0 Å². The molecule has 0 aliphatic rings. The average Bonchev–Trinajstić information content (AvgIpc) is 2.75. The lowest BCUT2D eigenvalue weighted by Gasteiger charge is -2.02. The van der Waals surface area contributed by atoms with Crippen molar-refractivity contribution < 1.29 is 4.92 Å². The molecule has 1 N–H and O–H groups in total. The number of anilines is 1. The summed E-state index contributed by atoms with van der Waals surface area (Å²) < 4.78 is 1.55. The molecule has 0 aliphatic carbocycles. The fourth-order valence-corrected chi connectivity index (χ4v) is 1.46. The summed E-state index contributed by atoms with van der Waals surface area (Å²) in [7, 11) is 3.45. The van der Waals surface area contributed by atoms with Crippen molar-refractivity contribution in [2.24, 2.45) is 7.05 Å². The van der Waals surface area contributed by atoms with Crippen molar-refractivity contribution in [3.05, 3.63) is 34.6 Å². The lowest BCUT2D eigenvalue weighted by Crippen LogP contribution is -1.95. The van der Waals surface area contributed by atoms with Crippen LogP contribution in [0, 0.1) is 10.1 Å². The lowest BCUT2D eigenvalue weighted by molar-refractivity contribution is -0.384. The van der Waals surface area contributed by atoms with E-state index in [0.717, 1.165) is 0 Å². The van der Waals surface area contributed by atoms with Crippen molar-refractivity contribution in [3.63, 3.8) is 0 Å². The van der Waals surface area contributed by atoms with Crippen LogP contribution in [0.15, 0.2) is 24.5 Å². The Balaban J connectivity index is 2.53. The molecule has 0 saturated heterocycles. The van der Waals surface area contributed by atoms with Gasteiger partial charge in [0, 0.05) is 37.5 Å². The highest BCUT2D eigenvalue weighted by Gasteiger charge is 2.12. The van der Waals surface area contributed by atoms with Crippen molar-refractivity contribution >= 4 is 11.4 Å². The van der Waals surface area contributed by atoms with E-state index in [9.17, 15) is 10.1 Å². The highest BCUT2D eigenvalue weighted by Crippen LogP contribution is 2.26. The fraction of sp³-hybridized carbons (Fsp3) is 0.200. The minimum Gasteiger partial charge on any atom is -0.388 e. The molecule has 2 aromatic rings. The van der Waals surface area contributed by atoms with Gasteiger partial charge in [0.2, 0.25) is 0 Å². The molecule has 7 heteroatoms. The predicted molar refractivity (Wildman–Crippen MR) is 62.6 cm³/mol. The fourth-order valence-electron chi connectivity index (χ4n) is 1.46. The van der Waals surface area contributed by atoms with Gasteiger partial charge < -0.3 is 5.32 Å². The Morgan fingerprint density at radius 1 is 1.41 bits per heavy atom. The first-order valence-electron chi connectivity index (χ1n) is 4.93. The van der Waals surface area contributed by atoms with Gasteiger partial charge in [-0.3, -0.25) is 14.8 Å². The molecular weight excluding hydrogens is 222 g/mol. The first-order valence-corrected chi connectivity index (χ1v) is 4.93. The van der Waals surface area contributed by atoms with Gasteiger partial charge in [-0.2, -0.15) is 5.10 Å². The summed E-state index contributed by atoms with van der Waals surface area (Å²) in [5.41, 5.74) is 1.28. The van der Waals surface area contributed by atoms with E-state index in [-0.39, 0.29) is 5.69 Å². The van der Waals surface area contributed by atoms with Crippen LogP contribution in [0.3, 0.4) is 0 Å². The number of benzene rings is 1. The van der Waals surface area contributed by atoms with Gasteiger partial charge >= 0.3 is 0 Å². The summed E-state index contributed by atoms with van der Waals surface area (Å²) in [4.78, 5) is 14.4. The monoisotopic (exact) mass is 233 g/mol. The number of nitro groups is 1. The predicted octanol–water partition coefficient (Wildman–Crippen LogP) is 1.43. The maximum absolute atomic E-state index is 10.8. The molecule has 1 aromatic heterocycles. The third kappa shape index (κ3) is 2.22. The van der Waals surface area contributed by atoms with Crippen LogP contribution in [-0.2, 0) is 7.05 Å². The Morgan fingerprint density at radius 2 is 2.18 bits per heavy atom. The molecule has 0 aliphatic heterocycles. The second kappa shape index (κ2) is 4.20. The standard InChI is InChI=1S/C10H11N5O2/c1-11-8-3-7(4-9(5-8)15(16)17)10-12-6-14(2)13-10/h3-6,11H,1-2H3. The number of hydrogen-bond donors (Lipinski definition) is 1. The molecule has 17 heavy (non-hydrogen) atoms. The minimum absolute atomic E-state index is 0.0132. The summed E-state index contributed by atoms with van der Waals surface area (Å²) >= 11 is 0. The average molecular weight is 233 g/mol. The number of nitrogens with zero attached hydrogens (tertiary/aromatic N) is 4. The molecule has 1 aromatic carbocycles. The Bertz CT molecular complexity index is 564. The van der Waals surface area contributed by atoms with Gasteiger partial charge in [-0.25, -0.2) is 4.98 Å². The van der Waals surface area contributed by atoms with Gasteiger partial charge in [0.15, 0.2) is 5.82 Å². The highest BCUT2D eigenvalue weighted by atomic mass is 16.6. The van der Waals surface area contributed by atoms with E-state index in [1.54, 1.807) is 31.2 Å². The van der Waals surface area contributed by atoms with E-state index >= 15 is 0 Å². The summed E-state index contributed by atoms with van der Waals surface area (Å²) in [6, 6.07) is 4.69. The molecule has 2 rings (SSSR count). The van der Waals surface area contributed by atoms with Crippen LogP contribution >= 0.6 is 0 Å². The van der Waals surface area contributed by atoms with E-state index < -0.39 is 4.92 Å². The van der Waals surface area contributed by atoms with Crippen molar-refractivity contribution in [2.75, 3.05) is 12.4 Å². The van der Waals surface area contributed by atoms with Crippen LogP contribution in [0.4, 0.5) is 11.4 Å². The normalized spacial score (nSPS) is 10.2. The number of rotatable bonds is 3. The number of aryl methyl sites for hydroxylation is 1.